The molecule has 17 heavy (non-hydrogen) atoms. The second kappa shape index (κ2) is 6.19. The van der Waals surface area contributed by atoms with E-state index in [0.29, 0.717) is 12.8 Å². The lowest BCUT2D eigenvalue weighted by molar-refractivity contribution is -0.149. The topological polar surface area (TPSA) is 116 Å². The molecule has 0 spiro atoms. The highest BCUT2D eigenvalue weighted by molar-refractivity contribution is 5.88. The Morgan fingerprint density at radius 1 is 1.12 bits per heavy atom. The van der Waals surface area contributed by atoms with Crippen molar-refractivity contribution in [1.82, 2.24) is 10.8 Å². The van der Waals surface area contributed by atoms with Crippen molar-refractivity contribution in [1.29, 1.82) is 0 Å². The van der Waals surface area contributed by atoms with Gasteiger partial charge >= 0.3 is 5.97 Å². The summed E-state index contributed by atoms with van der Waals surface area (Å²) in [5.41, 5.74) is 1.39. The number of aliphatic carboxylic acids is 1. The van der Waals surface area contributed by atoms with Gasteiger partial charge in [-0.25, -0.2) is 5.48 Å². The largest absolute Gasteiger partial charge is 0.481 e. The second-order valence-corrected chi connectivity index (χ2v) is 4.09. The Morgan fingerprint density at radius 2 is 1.71 bits per heavy atom. The number of hydrogen-bond acceptors (Lipinski definition) is 4. The van der Waals surface area contributed by atoms with Crippen LogP contribution in [-0.2, 0) is 14.4 Å². The van der Waals surface area contributed by atoms with Crippen LogP contribution in [0.1, 0.15) is 25.7 Å². The summed E-state index contributed by atoms with van der Waals surface area (Å²) in [4.78, 5) is 33.4. The van der Waals surface area contributed by atoms with Crippen molar-refractivity contribution in [2.75, 3.05) is 6.54 Å². The highest BCUT2D eigenvalue weighted by Crippen LogP contribution is 2.30. The van der Waals surface area contributed by atoms with E-state index in [4.69, 9.17) is 10.3 Å². The van der Waals surface area contributed by atoms with Crippen LogP contribution in [0.3, 0.4) is 0 Å². The summed E-state index contributed by atoms with van der Waals surface area (Å²) in [6, 6.07) is 0. The van der Waals surface area contributed by atoms with Crippen LogP contribution < -0.4 is 10.8 Å². The fourth-order valence-corrected chi connectivity index (χ4v) is 2.08. The molecule has 1 fully saturated rings. The van der Waals surface area contributed by atoms with E-state index in [1.54, 1.807) is 0 Å². The average molecular weight is 244 g/mol. The van der Waals surface area contributed by atoms with Gasteiger partial charge in [0, 0.05) is 0 Å². The van der Waals surface area contributed by atoms with Gasteiger partial charge in [-0.15, -0.1) is 0 Å². The van der Waals surface area contributed by atoms with E-state index in [2.05, 4.69) is 5.32 Å². The molecule has 0 bridgehead atoms. The van der Waals surface area contributed by atoms with Gasteiger partial charge in [0.15, 0.2) is 0 Å². The first-order valence-electron chi connectivity index (χ1n) is 5.49. The third kappa shape index (κ3) is 3.70. The summed E-state index contributed by atoms with van der Waals surface area (Å²) >= 11 is 0. The van der Waals surface area contributed by atoms with Gasteiger partial charge in [-0.2, -0.15) is 0 Å². The fraction of sp³-hybridized carbons (Fsp3) is 0.700. The minimum Gasteiger partial charge on any atom is -0.481 e. The third-order valence-corrected chi connectivity index (χ3v) is 2.97. The van der Waals surface area contributed by atoms with E-state index in [1.165, 1.54) is 5.48 Å². The number of hydroxylamine groups is 1. The van der Waals surface area contributed by atoms with Crippen molar-refractivity contribution >= 4 is 17.8 Å². The van der Waals surface area contributed by atoms with Crippen LogP contribution in [0.25, 0.3) is 0 Å². The molecule has 0 aromatic rings. The van der Waals surface area contributed by atoms with Gasteiger partial charge in [-0.3, -0.25) is 19.6 Å². The number of rotatable bonds is 4. The zero-order chi connectivity index (χ0) is 12.8. The SMILES string of the molecule is O=C(CNC(=O)[C@@H]1CCCC[C@H]1C(=O)O)NO. The molecule has 0 radical (unpaired) electrons. The predicted octanol–water partition coefficient (Wildman–Crippen LogP) is -0.501. The zero-order valence-corrected chi connectivity index (χ0v) is 9.31. The maximum absolute atomic E-state index is 11.7. The van der Waals surface area contributed by atoms with Gasteiger partial charge in [0.2, 0.25) is 5.91 Å². The van der Waals surface area contributed by atoms with Crippen LogP contribution >= 0.6 is 0 Å². The Labute approximate surface area is 98.1 Å². The van der Waals surface area contributed by atoms with Crippen LogP contribution in [0.2, 0.25) is 0 Å². The Kier molecular flexibility index (Phi) is 4.89. The summed E-state index contributed by atoms with van der Waals surface area (Å²) < 4.78 is 0. The number of carbonyl (C=O) groups excluding carboxylic acids is 2. The molecule has 4 N–H and O–H groups in total. The number of carboxylic acid groups (broad SMARTS) is 1. The lowest BCUT2D eigenvalue weighted by Crippen LogP contribution is -2.43. The third-order valence-electron chi connectivity index (χ3n) is 2.97. The lowest BCUT2D eigenvalue weighted by atomic mass is 9.79. The number of carbonyl (C=O) groups is 3. The first-order valence-corrected chi connectivity index (χ1v) is 5.49. The fourth-order valence-electron chi connectivity index (χ4n) is 2.08. The zero-order valence-electron chi connectivity index (χ0n) is 9.31. The molecule has 7 nitrogen and oxygen atoms in total. The molecule has 2 amide bonds. The van der Waals surface area contributed by atoms with Crippen LogP contribution in [-0.4, -0.2) is 34.6 Å². The van der Waals surface area contributed by atoms with Crippen LogP contribution in [0, 0.1) is 11.8 Å². The van der Waals surface area contributed by atoms with Crippen molar-refractivity contribution in [3.63, 3.8) is 0 Å². The van der Waals surface area contributed by atoms with Crippen molar-refractivity contribution in [2.45, 2.75) is 25.7 Å². The van der Waals surface area contributed by atoms with Crippen molar-refractivity contribution in [3.8, 4) is 0 Å². The van der Waals surface area contributed by atoms with Crippen molar-refractivity contribution in [2.24, 2.45) is 11.8 Å². The van der Waals surface area contributed by atoms with Gasteiger partial charge in [0.1, 0.15) is 0 Å². The van der Waals surface area contributed by atoms with E-state index in [-0.39, 0.29) is 6.54 Å². The molecule has 1 aliphatic carbocycles. The van der Waals surface area contributed by atoms with Gasteiger partial charge < -0.3 is 10.4 Å². The minimum absolute atomic E-state index is 0.349. The van der Waals surface area contributed by atoms with E-state index in [1.807, 2.05) is 0 Å². The molecule has 0 unspecified atom stereocenters. The smallest absolute Gasteiger partial charge is 0.307 e. The van der Waals surface area contributed by atoms with Gasteiger partial charge in [-0.05, 0) is 12.8 Å². The van der Waals surface area contributed by atoms with Gasteiger partial charge in [0.25, 0.3) is 5.91 Å². The Balaban J connectivity index is 2.53. The quantitative estimate of drug-likeness (QED) is 0.393. The summed E-state index contributed by atoms with van der Waals surface area (Å²) in [6.45, 7) is -0.349. The standard InChI is InChI=1S/C10H16N2O5/c13-8(12-17)5-11-9(14)6-3-1-2-4-7(6)10(15)16/h6-7,17H,1-5H2,(H,11,14)(H,12,13)(H,15,16)/t6-,7-/m1/s1. The Bertz CT molecular complexity index is 318. The normalized spacial score (nSPS) is 23.8. The van der Waals surface area contributed by atoms with Crippen LogP contribution in [0.15, 0.2) is 0 Å². The number of carboxylic acids is 1. The number of nitrogens with one attached hydrogen (secondary N) is 2. The molecule has 1 saturated carbocycles. The first kappa shape index (κ1) is 13.4. The highest BCUT2D eigenvalue weighted by Gasteiger charge is 2.35. The van der Waals surface area contributed by atoms with E-state index >= 15 is 0 Å². The maximum Gasteiger partial charge on any atom is 0.307 e. The molecular formula is C10H16N2O5. The summed E-state index contributed by atoms with van der Waals surface area (Å²) in [6.07, 6.45) is 2.62. The van der Waals surface area contributed by atoms with Crippen molar-refractivity contribution < 1.29 is 24.7 Å². The summed E-state index contributed by atoms with van der Waals surface area (Å²) in [7, 11) is 0. The molecule has 0 saturated heterocycles. The molecule has 1 aliphatic rings. The van der Waals surface area contributed by atoms with E-state index < -0.39 is 29.6 Å². The average Bonchev–Trinajstić information content (AvgIpc) is 2.35. The molecule has 0 aliphatic heterocycles. The Morgan fingerprint density at radius 3 is 2.24 bits per heavy atom. The summed E-state index contributed by atoms with van der Waals surface area (Å²) in [5, 5.41) is 19.5. The Hall–Kier alpha value is -1.63. The van der Waals surface area contributed by atoms with Gasteiger partial charge in [0.05, 0.1) is 18.4 Å². The molecule has 7 heteroatoms. The first-order chi connectivity index (χ1) is 8.06. The van der Waals surface area contributed by atoms with E-state index in [9.17, 15) is 14.4 Å². The van der Waals surface area contributed by atoms with Crippen molar-refractivity contribution in [3.05, 3.63) is 0 Å². The molecule has 2 atom stereocenters. The number of amides is 2. The van der Waals surface area contributed by atoms with E-state index in [0.717, 1.165) is 12.8 Å². The molecule has 0 aromatic heterocycles. The molecule has 96 valence electrons. The number of hydrogen-bond donors (Lipinski definition) is 4. The molecule has 1 rings (SSSR count). The molecule has 0 heterocycles. The maximum atomic E-state index is 11.7. The predicted molar refractivity (Wildman–Crippen MR) is 56.0 cm³/mol. The van der Waals surface area contributed by atoms with Crippen LogP contribution in [0.5, 0.6) is 0 Å². The highest BCUT2D eigenvalue weighted by atomic mass is 16.5. The monoisotopic (exact) mass is 244 g/mol. The minimum atomic E-state index is -0.976. The molecule has 0 aromatic carbocycles. The van der Waals surface area contributed by atoms with Crippen LogP contribution in [0.4, 0.5) is 0 Å². The lowest BCUT2D eigenvalue weighted by Gasteiger charge is -2.27. The van der Waals surface area contributed by atoms with Gasteiger partial charge in [-0.1, -0.05) is 12.8 Å². The summed E-state index contributed by atoms with van der Waals surface area (Å²) in [5.74, 6) is -3.42. The molecular weight excluding hydrogens is 228 g/mol. The second-order valence-electron chi connectivity index (χ2n) is 4.09.